The van der Waals surface area contributed by atoms with E-state index >= 15 is 0 Å². The first-order valence-corrected chi connectivity index (χ1v) is 8.94. The summed E-state index contributed by atoms with van der Waals surface area (Å²) < 4.78 is 0. The van der Waals surface area contributed by atoms with Gasteiger partial charge in [-0.3, -0.25) is 24.1 Å². The van der Waals surface area contributed by atoms with Crippen LogP contribution >= 0.6 is 0 Å². The van der Waals surface area contributed by atoms with Crippen molar-refractivity contribution in [3.8, 4) is 0 Å². The van der Waals surface area contributed by atoms with E-state index in [1.54, 1.807) is 0 Å². The Morgan fingerprint density at radius 1 is 1.00 bits per heavy atom. The average Bonchev–Trinajstić information content (AvgIpc) is 2.62. The lowest BCUT2D eigenvalue weighted by Gasteiger charge is -2.45. The summed E-state index contributed by atoms with van der Waals surface area (Å²) in [6.45, 7) is 4.03. The molecule has 0 bridgehead atoms. The van der Waals surface area contributed by atoms with Gasteiger partial charge in [0, 0.05) is 0 Å². The molecule has 0 radical (unpaired) electrons. The van der Waals surface area contributed by atoms with Gasteiger partial charge in [-0.2, -0.15) is 0 Å². The van der Waals surface area contributed by atoms with Gasteiger partial charge in [-0.1, -0.05) is 6.92 Å². The second-order valence-electron chi connectivity index (χ2n) is 7.34. The average molecular weight is 418 g/mol. The number of Topliss-reactive ketones (excluding diaryl/α,β-unsaturated/α-hetero) is 4. The zero-order valence-electron chi connectivity index (χ0n) is 17.4. The van der Waals surface area contributed by atoms with Crippen molar-refractivity contribution < 1.29 is 44.4 Å². The molecule has 0 aromatic rings. The summed E-state index contributed by atoms with van der Waals surface area (Å²) in [7, 11) is 2.20. The maximum absolute atomic E-state index is 13.3. The summed E-state index contributed by atoms with van der Waals surface area (Å²) >= 11 is 0. The highest BCUT2D eigenvalue weighted by molar-refractivity contribution is 6.28. The molecular formula is C18H30N2O9. The molecule has 6 atom stereocenters. The summed E-state index contributed by atoms with van der Waals surface area (Å²) in [4.78, 5) is 64.4. The number of hydrogen-bond acceptors (Lipinski definition) is 10. The van der Waals surface area contributed by atoms with Crippen molar-refractivity contribution >= 4 is 29.1 Å². The SMILES string of the molecule is CCC(N)C(=O)C(C(=O)[C@@H](C)O)[C@@](C(=O)[C@H](C)O)(C(=O)[C@](C)(O)C(=O)O)N(C)C. The number of aliphatic hydroxyl groups excluding tert-OH is 2. The number of carboxylic acids is 1. The van der Waals surface area contributed by atoms with Crippen molar-refractivity contribution in [2.24, 2.45) is 11.7 Å². The smallest absolute Gasteiger partial charge is 0.343 e. The molecule has 0 heterocycles. The van der Waals surface area contributed by atoms with Crippen molar-refractivity contribution in [2.75, 3.05) is 14.1 Å². The van der Waals surface area contributed by atoms with E-state index in [9.17, 15) is 44.4 Å². The van der Waals surface area contributed by atoms with E-state index in [4.69, 9.17) is 5.73 Å². The highest BCUT2D eigenvalue weighted by Gasteiger charge is 2.65. The second-order valence-corrected chi connectivity index (χ2v) is 7.34. The van der Waals surface area contributed by atoms with Crippen molar-refractivity contribution in [2.45, 2.75) is 63.5 Å². The molecule has 0 aliphatic carbocycles. The van der Waals surface area contributed by atoms with Gasteiger partial charge in [-0.05, 0) is 41.3 Å². The molecule has 0 aliphatic rings. The monoisotopic (exact) mass is 418 g/mol. The summed E-state index contributed by atoms with van der Waals surface area (Å²) in [5, 5.41) is 39.4. The molecule has 0 spiro atoms. The predicted octanol–water partition coefficient (Wildman–Crippen LogP) is -2.49. The summed E-state index contributed by atoms with van der Waals surface area (Å²) in [5.74, 6) is -9.82. The van der Waals surface area contributed by atoms with Crippen LogP contribution in [0.25, 0.3) is 0 Å². The Morgan fingerprint density at radius 2 is 1.45 bits per heavy atom. The number of carbonyl (C=O) groups excluding carboxylic acids is 4. The third kappa shape index (κ3) is 4.75. The van der Waals surface area contributed by atoms with E-state index < -0.39 is 64.4 Å². The van der Waals surface area contributed by atoms with E-state index in [2.05, 4.69) is 0 Å². The maximum atomic E-state index is 13.3. The van der Waals surface area contributed by atoms with Crippen molar-refractivity contribution in [1.82, 2.24) is 4.90 Å². The fraction of sp³-hybridized carbons (Fsp3) is 0.722. The standard InChI is InChI=1S/C18H30N2O9/c1-7-10(19)13(24)11(12(23)8(2)21)18(20(5)6,14(25)9(3)22)15(26)17(4,29)16(27)28/h8-11,21-22,29H,7,19H2,1-6H3,(H,27,28)/t8-,9+,10?,11?,17+,18-/m1/s1. The van der Waals surface area contributed by atoms with Crippen molar-refractivity contribution in [3.63, 3.8) is 0 Å². The number of nitrogens with zero attached hydrogens (tertiary/aromatic N) is 1. The highest BCUT2D eigenvalue weighted by Crippen LogP contribution is 2.35. The predicted molar refractivity (Wildman–Crippen MR) is 99.8 cm³/mol. The van der Waals surface area contributed by atoms with Crippen molar-refractivity contribution in [3.05, 3.63) is 0 Å². The van der Waals surface area contributed by atoms with E-state index in [1.807, 2.05) is 0 Å². The molecule has 0 rings (SSSR count). The van der Waals surface area contributed by atoms with E-state index in [-0.39, 0.29) is 6.42 Å². The summed E-state index contributed by atoms with van der Waals surface area (Å²) in [5.41, 5.74) is -0.411. The van der Waals surface area contributed by atoms with Crippen LogP contribution in [-0.4, -0.2) is 97.9 Å². The minimum absolute atomic E-state index is 0.00167. The number of carbonyl (C=O) groups is 5. The van der Waals surface area contributed by atoms with Crippen LogP contribution in [0.4, 0.5) is 0 Å². The Morgan fingerprint density at radius 3 is 1.72 bits per heavy atom. The molecule has 6 N–H and O–H groups in total. The molecule has 0 aromatic carbocycles. The lowest BCUT2D eigenvalue weighted by Crippen LogP contribution is -2.74. The Labute approximate surface area is 168 Å². The van der Waals surface area contributed by atoms with Gasteiger partial charge < -0.3 is 26.2 Å². The fourth-order valence-electron chi connectivity index (χ4n) is 3.06. The number of nitrogens with two attached hydrogens (primary N) is 1. The summed E-state index contributed by atoms with van der Waals surface area (Å²) in [6.07, 6.45) is -3.77. The van der Waals surface area contributed by atoms with Crippen LogP contribution in [0, 0.1) is 5.92 Å². The lowest BCUT2D eigenvalue weighted by molar-refractivity contribution is -0.177. The molecule has 0 saturated heterocycles. The topological polar surface area (TPSA) is 196 Å². The molecule has 11 heteroatoms. The van der Waals surface area contributed by atoms with Crippen molar-refractivity contribution in [1.29, 1.82) is 0 Å². The molecule has 0 fully saturated rings. The third-order valence-electron chi connectivity index (χ3n) is 4.87. The molecular weight excluding hydrogens is 388 g/mol. The molecule has 0 saturated carbocycles. The molecule has 0 amide bonds. The van der Waals surface area contributed by atoms with Crippen LogP contribution in [0.1, 0.15) is 34.1 Å². The highest BCUT2D eigenvalue weighted by atomic mass is 16.4. The van der Waals surface area contributed by atoms with Crippen LogP contribution in [0.15, 0.2) is 0 Å². The van der Waals surface area contributed by atoms with E-state index in [0.717, 1.165) is 32.8 Å². The lowest BCUT2D eigenvalue weighted by atomic mass is 9.65. The summed E-state index contributed by atoms with van der Waals surface area (Å²) in [6, 6.07) is -1.34. The largest absolute Gasteiger partial charge is 0.479 e. The van der Waals surface area contributed by atoms with Gasteiger partial charge in [0.05, 0.1) is 6.04 Å². The van der Waals surface area contributed by atoms with Gasteiger partial charge in [0.1, 0.15) is 18.1 Å². The van der Waals surface area contributed by atoms with Gasteiger partial charge in [-0.15, -0.1) is 0 Å². The molecule has 2 unspecified atom stereocenters. The first-order valence-electron chi connectivity index (χ1n) is 8.94. The number of ketones is 4. The molecule has 166 valence electrons. The molecule has 0 aliphatic heterocycles. The van der Waals surface area contributed by atoms with Crippen LogP contribution < -0.4 is 5.73 Å². The van der Waals surface area contributed by atoms with Crippen LogP contribution in [0.2, 0.25) is 0 Å². The second kappa shape index (κ2) is 9.63. The van der Waals surface area contributed by atoms with E-state index in [0.29, 0.717) is 6.92 Å². The van der Waals surface area contributed by atoms with Crippen LogP contribution in [0.3, 0.4) is 0 Å². The first kappa shape index (κ1) is 27.0. The number of likely N-dealkylation sites (N-methyl/N-ethyl adjacent to an activating group) is 1. The molecule has 0 aromatic heterocycles. The quantitative estimate of drug-likeness (QED) is 0.210. The first-order chi connectivity index (χ1) is 13.0. The number of carboxylic acid groups (broad SMARTS) is 1. The maximum Gasteiger partial charge on any atom is 0.343 e. The minimum Gasteiger partial charge on any atom is -0.479 e. The molecule has 11 nitrogen and oxygen atoms in total. The molecule has 29 heavy (non-hydrogen) atoms. The third-order valence-corrected chi connectivity index (χ3v) is 4.87. The number of hydrogen-bond donors (Lipinski definition) is 5. The minimum atomic E-state index is -3.21. The Balaban J connectivity index is 7.38. The van der Waals surface area contributed by atoms with Gasteiger partial charge in [0.25, 0.3) is 0 Å². The zero-order valence-corrected chi connectivity index (χ0v) is 17.4. The number of aliphatic carboxylic acids is 1. The number of rotatable bonds is 12. The van der Waals surface area contributed by atoms with Gasteiger partial charge >= 0.3 is 5.97 Å². The normalized spacial score (nSPS) is 20.0. The van der Waals surface area contributed by atoms with Gasteiger partial charge in [0.15, 0.2) is 22.9 Å². The number of aliphatic hydroxyl groups is 3. The van der Waals surface area contributed by atoms with E-state index in [1.165, 1.54) is 6.92 Å². The Bertz CT molecular complexity index is 685. The fourth-order valence-corrected chi connectivity index (χ4v) is 3.06. The van der Waals surface area contributed by atoms with Crippen LogP contribution in [-0.2, 0) is 24.0 Å². The van der Waals surface area contributed by atoms with Gasteiger partial charge in [0.2, 0.25) is 11.4 Å². The Hall–Kier alpha value is -2.05. The Kier molecular flexibility index (Phi) is 8.95. The van der Waals surface area contributed by atoms with Gasteiger partial charge in [-0.25, -0.2) is 4.79 Å². The zero-order chi connectivity index (χ0) is 23.5. The van der Waals surface area contributed by atoms with Crippen LogP contribution in [0.5, 0.6) is 0 Å².